The van der Waals surface area contributed by atoms with Gasteiger partial charge in [0.1, 0.15) is 5.82 Å². The molecule has 0 saturated heterocycles. The molecule has 0 spiro atoms. The summed E-state index contributed by atoms with van der Waals surface area (Å²) in [6.07, 6.45) is 0.904. The molecule has 5 heteroatoms. The summed E-state index contributed by atoms with van der Waals surface area (Å²) in [4.78, 5) is 0. The molecule has 0 amide bonds. The summed E-state index contributed by atoms with van der Waals surface area (Å²) in [6, 6.07) is 12.1. The van der Waals surface area contributed by atoms with Gasteiger partial charge in [-0.05, 0) is 49.7 Å². The summed E-state index contributed by atoms with van der Waals surface area (Å²) >= 11 is 6.11. The smallest absolute Gasteiger partial charge is 0.125 e. The Hall–Kier alpha value is -2.07. The van der Waals surface area contributed by atoms with E-state index in [9.17, 15) is 4.39 Å². The van der Waals surface area contributed by atoms with E-state index in [0.717, 1.165) is 29.1 Å². The van der Waals surface area contributed by atoms with Gasteiger partial charge in [-0.1, -0.05) is 24.6 Å². The molecule has 2 rings (SSSR count). The van der Waals surface area contributed by atoms with Crippen LogP contribution in [-0.4, -0.2) is 19.3 Å². The van der Waals surface area contributed by atoms with Crippen LogP contribution >= 0.6 is 11.6 Å². The van der Waals surface area contributed by atoms with Crippen LogP contribution in [0.2, 0.25) is 5.02 Å². The summed E-state index contributed by atoms with van der Waals surface area (Å²) in [6.45, 7) is 4.69. The van der Waals surface area contributed by atoms with Crippen LogP contribution in [0.4, 0.5) is 15.8 Å². The van der Waals surface area contributed by atoms with Crippen molar-refractivity contribution < 1.29 is 4.39 Å². The first-order valence-corrected chi connectivity index (χ1v) is 7.99. The topological polar surface area (TPSA) is 27.6 Å². The zero-order valence-electron chi connectivity index (χ0n) is 13.6. The fourth-order valence-corrected chi connectivity index (χ4v) is 2.53. The molecule has 23 heavy (non-hydrogen) atoms. The molecule has 0 radical (unpaired) electrons. The number of rotatable bonds is 6. The fraction of sp³-hybridized carbons (Fsp3) is 0.278. The Labute approximate surface area is 141 Å². The molecule has 1 N–H and O–H groups in total. The average Bonchev–Trinajstić information content (AvgIpc) is 2.54. The maximum atomic E-state index is 13.5. The molecule has 2 aromatic rings. The molecule has 0 atom stereocenters. The van der Waals surface area contributed by atoms with Crippen LogP contribution in [0.15, 0.2) is 47.6 Å². The van der Waals surface area contributed by atoms with Crippen LogP contribution in [0.1, 0.15) is 25.8 Å². The fourth-order valence-electron chi connectivity index (χ4n) is 2.35. The second-order valence-corrected chi connectivity index (χ2v) is 5.66. The summed E-state index contributed by atoms with van der Waals surface area (Å²) in [5, 5.41) is 10.3. The third kappa shape index (κ3) is 4.45. The number of anilines is 2. The normalized spacial score (nSPS) is 11.4. The first kappa shape index (κ1) is 17.3. The van der Waals surface area contributed by atoms with Crippen molar-refractivity contribution in [1.29, 1.82) is 0 Å². The maximum absolute atomic E-state index is 13.5. The number of benzene rings is 2. The summed E-state index contributed by atoms with van der Waals surface area (Å²) < 4.78 is 13.5. The van der Waals surface area contributed by atoms with Crippen molar-refractivity contribution in [1.82, 2.24) is 0 Å². The van der Waals surface area contributed by atoms with Gasteiger partial charge in [-0.3, -0.25) is 5.01 Å². The largest absolute Gasteiger partial charge is 0.388 e. The first-order chi connectivity index (χ1) is 11.0. The van der Waals surface area contributed by atoms with Gasteiger partial charge in [0.15, 0.2) is 0 Å². The van der Waals surface area contributed by atoms with Gasteiger partial charge in [0.2, 0.25) is 0 Å². The molecular weight excluding hydrogens is 313 g/mol. The molecule has 0 saturated carbocycles. The molecule has 122 valence electrons. The monoisotopic (exact) mass is 333 g/mol. The zero-order valence-corrected chi connectivity index (χ0v) is 14.4. The predicted molar refractivity (Wildman–Crippen MR) is 97.2 cm³/mol. The Morgan fingerprint density at radius 1 is 1.26 bits per heavy atom. The van der Waals surface area contributed by atoms with E-state index in [-0.39, 0.29) is 5.82 Å². The van der Waals surface area contributed by atoms with E-state index in [1.54, 1.807) is 6.07 Å². The van der Waals surface area contributed by atoms with Gasteiger partial charge < -0.3 is 5.32 Å². The van der Waals surface area contributed by atoms with Gasteiger partial charge in [0.05, 0.1) is 11.4 Å². The molecule has 0 unspecified atom stereocenters. The number of hydrogen-bond donors (Lipinski definition) is 1. The van der Waals surface area contributed by atoms with Crippen molar-refractivity contribution in [2.24, 2.45) is 5.10 Å². The third-order valence-corrected chi connectivity index (χ3v) is 3.69. The van der Waals surface area contributed by atoms with Crippen LogP contribution in [-0.2, 0) is 0 Å². The Bertz CT molecular complexity index is 700. The molecule has 0 aliphatic heterocycles. The third-order valence-electron chi connectivity index (χ3n) is 3.45. The number of hydrazone groups is 1. The van der Waals surface area contributed by atoms with E-state index in [1.807, 2.05) is 43.2 Å². The van der Waals surface area contributed by atoms with E-state index in [0.29, 0.717) is 11.6 Å². The molecule has 0 aliphatic rings. The highest BCUT2D eigenvalue weighted by Gasteiger charge is 2.10. The molecule has 0 heterocycles. The van der Waals surface area contributed by atoms with Gasteiger partial charge in [-0.15, -0.1) is 0 Å². The van der Waals surface area contributed by atoms with Crippen LogP contribution in [0, 0.1) is 5.82 Å². The molecule has 0 bridgehead atoms. The van der Waals surface area contributed by atoms with E-state index < -0.39 is 0 Å². The lowest BCUT2D eigenvalue weighted by Crippen LogP contribution is -2.20. The number of halogens is 2. The molecule has 2 aromatic carbocycles. The van der Waals surface area contributed by atoms with Crippen LogP contribution in [0.3, 0.4) is 0 Å². The summed E-state index contributed by atoms with van der Waals surface area (Å²) in [7, 11) is 1.86. The van der Waals surface area contributed by atoms with Crippen LogP contribution < -0.4 is 10.3 Å². The second-order valence-electron chi connectivity index (χ2n) is 5.23. The van der Waals surface area contributed by atoms with Crippen molar-refractivity contribution >= 4 is 28.7 Å². The predicted octanol–water partition coefficient (Wildman–Crippen LogP) is 5.16. The minimum atomic E-state index is -0.268. The van der Waals surface area contributed by atoms with Gasteiger partial charge in [-0.2, -0.15) is 5.10 Å². The number of nitrogens with one attached hydrogen (secondary N) is 1. The highest BCUT2D eigenvalue weighted by atomic mass is 35.5. The van der Waals surface area contributed by atoms with Crippen molar-refractivity contribution in [3.63, 3.8) is 0 Å². The lowest BCUT2D eigenvalue weighted by molar-refractivity contribution is 0.626. The number of hydrogen-bond acceptors (Lipinski definition) is 3. The van der Waals surface area contributed by atoms with Crippen molar-refractivity contribution in [3.8, 4) is 0 Å². The Morgan fingerprint density at radius 2 is 2.04 bits per heavy atom. The highest BCUT2D eigenvalue weighted by Crippen LogP contribution is 2.23. The zero-order chi connectivity index (χ0) is 16.8. The summed E-state index contributed by atoms with van der Waals surface area (Å²) in [5.41, 5.74) is 3.43. The lowest BCUT2D eigenvalue weighted by atomic mass is 10.1. The average molecular weight is 334 g/mol. The molecule has 0 aliphatic carbocycles. The minimum absolute atomic E-state index is 0.268. The molecule has 0 aromatic heterocycles. The van der Waals surface area contributed by atoms with Gasteiger partial charge in [0, 0.05) is 29.9 Å². The van der Waals surface area contributed by atoms with Gasteiger partial charge in [0.25, 0.3) is 0 Å². The maximum Gasteiger partial charge on any atom is 0.125 e. The van der Waals surface area contributed by atoms with Crippen molar-refractivity contribution in [2.45, 2.75) is 20.3 Å². The molecule has 0 fully saturated rings. The standard InChI is InChI=1S/C18H21ClFN3/c1-4-10-23(16-7-5-6-15(20)12-16)22-13(2)17-11-14(19)8-9-18(17)21-3/h5-9,11-12,21H,4,10H2,1-3H3/b22-13-. The number of nitrogens with zero attached hydrogens (tertiary/aromatic N) is 2. The molecule has 3 nitrogen and oxygen atoms in total. The Morgan fingerprint density at radius 3 is 2.70 bits per heavy atom. The van der Waals surface area contributed by atoms with E-state index >= 15 is 0 Å². The van der Waals surface area contributed by atoms with Crippen LogP contribution in [0.5, 0.6) is 0 Å². The van der Waals surface area contributed by atoms with E-state index in [4.69, 9.17) is 11.6 Å². The highest BCUT2D eigenvalue weighted by molar-refractivity contribution is 6.31. The van der Waals surface area contributed by atoms with Gasteiger partial charge >= 0.3 is 0 Å². The van der Waals surface area contributed by atoms with Crippen LogP contribution in [0.25, 0.3) is 0 Å². The SMILES string of the molecule is CCCN(/N=C(/C)c1cc(Cl)ccc1NC)c1cccc(F)c1. The van der Waals surface area contributed by atoms with Gasteiger partial charge in [-0.25, -0.2) is 4.39 Å². The van der Waals surface area contributed by atoms with E-state index in [2.05, 4.69) is 17.3 Å². The lowest BCUT2D eigenvalue weighted by Gasteiger charge is -2.20. The van der Waals surface area contributed by atoms with Crippen molar-refractivity contribution in [2.75, 3.05) is 23.9 Å². The second kappa shape index (κ2) is 7.97. The van der Waals surface area contributed by atoms with E-state index in [1.165, 1.54) is 12.1 Å². The first-order valence-electron chi connectivity index (χ1n) is 7.61. The van der Waals surface area contributed by atoms with Crippen molar-refractivity contribution in [3.05, 3.63) is 58.9 Å². The Kier molecular flexibility index (Phi) is 5.99. The quantitative estimate of drug-likeness (QED) is 0.584. The summed E-state index contributed by atoms with van der Waals surface area (Å²) in [5.74, 6) is -0.268. The molecular formula is C18H21ClFN3. The Balaban J connectivity index is 2.41. The minimum Gasteiger partial charge on any atom is -0.388 e.